The third-order valence-corrected chi connectivity index (χ3v) is 4.79. The first-order valence-electron chi connectivity index (χ1n) is 9.53. The van der Waals surface area contributed by atoms with Crippen molar-refractivity contribution in [1.29, 1.82) is 0 Å². The highest BCUT2D eigenvalue weighted by Gasteiger charge is 2.17. The van der Waals surface area contributed by atoms with Crippen LogP contribution in [0, 0.1) is 0 Å². The van der Waals surface area contributed by atoms with Crippen LogP contribution in [0.2, 0.25) is 0 Å². The summed E-state index contributed by atoms with van der Waals surface area (Å²) in [6.07, 6.45) is 0. The Morgan fingerprint density at radius 1 is 0.533 bits per heavy atom. The molecule has 4 aromatic rings. The molecule has 0 unspecified atom stereocenters. The first kappa shape index (κ1) is 19.5. The zero-order valence-electron chi connectivity index (χ0n) is 17.1. The third kappa shape index (κ3) is 3.82. The van der Waals surface area contributed by atoms with E-state index >= 15 is 0 Å². The number of ether oxygens (including phenoxy) is 3. The molecule has 0 amide bonds. The van der Waals surface area contributed by atoms with Crippen LogP contribution in [0.1, 0.15) is 0 Å². The molecule has 0 aliphatic rings. The Bertz CT molecular complexity index is 1060. The monoisotopic (exact) mass is 398 g/mol. The van der Waals surface area contributed by atoms with Crippen molar-refractivity contribution >= 4 is 0 Å². The van der Waals surface area contributed by atoms with Crippen LogP contribution in [0.5, 0.6) is 17.2 Å². The van der Waals surface area contributed by atoms with E-state index in [9.17, 15) is 0 Å². The van der Waals surface area contributed by atoms with Crippen molar-refractivity contribution in [3.8, 4) is 51.2 Å². The first-order valence-corrected chi connectivity index (χ1v) is 9.53. The van der Waals surface area contributed by atoms with E-state index in [1.807, 2.05) is 78.9 Å². The predicted octanol–water partition coefficient (Wildman–Crippen LogP) is 5.50. The van der Waals surface area contributed by atoms with Gasteiger partial charge in [-0.1, -0.05) is 60.7 Å². The number of rotatable bonds is 6. The fourth-order valence-corrected chi connectivity index (χ4v) is 3.30. The van der Waals surface area contributed by atoms with Crippen molar-refractivity contribution in [2.24, 2.45) is 0 Å². The summed E-state index contributed by atoms with van der Waals surface area (Å²) in [5.41, 5.74) is 4.42. The quantitative estimate of drug-likeness (QED) is 0.429. The van der Waals surface area contributed by atoms with Gasteiger partial charge in [0.1, 0.15) is 0 Å². The lowest BCUT2D eigenvalue weighted by Crippen LogP contribution is -1.98. The molecule has 0 radical (unpaired) electrons. The van der Waals surface area contributed by atoms with Gasteiger partial charge < -0.3 is 14.2 Å². The van der Waals surface area contributed by atoms with E-state index in [4.69, 9.17) is 24.2 Å². The molecule has 0 atom stereocenters. The highest BCUT2D eigenvalue weighted by molar-refractivity contribution is 5.74. The standard InChI is InChI=1S/C25H22N2O3/c1-28-22-14-19(15-23(29-2)24(22)30-3)21-16-20(17-10-6-4-7-11-17)26-25(27-21)18-12-8-5-9-13-18/h4-16H,1-3H3. The molecule has 30 heavy (non-hydrogen) atoms. The number of aromatic nitrogens is 2. The minimum absolute atomic E-state index is 0.546. The Kier molecular flexibility index (Phi) is 5.61. The highest BCUT2D eigenvalue weighted by Crippen LogP contribution is 2.41. The van der Waals surface area contributed by atoms with Gasteiger partial charge in [0.25, 0.3) is 0 Å². The largest absolute Gasteiger partial charge is 0.493 e. The Morgan fingerprint density at radius 2 is 1.03 bits per heavy atom. The third-order valence-electron chi connectivity index (χ3n) is 4.79. The Hall–Kier alpha value is -3.86. The van der Waals surface area contributed by atoms with Crippen LogP contribution >= 0.6 is 0 Å². The minimum Gasteiger partial charge on any atom is -0.493 e. The van der Waals surface area contributed by atoms with E-state index < -0.39 is 0 Å². The molecule has 3 aromatic carbocycles. The van der Waals surface area contributed by atoms with Gasteiger partial charge in [-0.3, -0.25) is 0 Å². The molecule has 5 nitrogen and oxygen atoms in total. The maximum absolute atomic E-state index is 5.52. The number of hydrogen-bond donors (Lipinski definition) is 0. The Balaban J connectivity index is 1.94. The van der Waals surface area contributed by atoms with Gasteiger partial charge in [0.2, 0.25) is 5.75 Å². The lowest BCUT2D eigenvalue weighted by atomic mass is 10.1. The summed E-state index contributed by atoms with van der Waals surface area (Å²) < 4.78 is 16.5. The number of nitrogens with zero attached hydrogens (tertiary/aromatic N) is 2. The van der Waals surface area contributed by atoms with Crippen molar-refractivity contribution < 1.29 is 14.2 Å². The summed E-state index contributed by atoms with van der Waals surface area (Å²) in [5.74, 6) is 2.35. The van der Waals surface area contributed by atoms with E-state index in [0.29, 0.717) is 23.1 Å². The Morgan fingerprint density at radius 3 is 1.53 bits per heavy atom. The van der Waals surface area contributed by atoms with Gasteiger partial charge in [0, 0.05) is 16.7 Å². The van der Waals surface area contributed by atoms with E-state index in [0.717, 1.165) is 28.1 Å². The molecule has 1 aromatic heterocycles. The van der Waals surface area contributed by atoms with Gasteiger partial charge >= 0.3 is 0 Å². The van der Waals surface area contributed by atoms with E-state index in [2.05, 4.69) is 0 Å². The second-order valence-electron chi connectivity index (χ2n) is 6.61. The van der Waals surface area contributed by atoms with Crippen molar-refractivity contribution in [2.75, 3.05) is 21.3 Å². The van der Waals surface area contributed by atoms with Gasteiger partial charge in [-0.05, 0) is 18.2 Å². The zero-order chi connectivity index (χ0) is 20.9. The van der Waals surface area contributed by atoms with Crippen molar-refractivity contribution in [2.45, 2.75) is 0 Å². The molecule has 4 rings (SSSR count). The first-order chi connectivity index (χ1) is 14.7. The molecule has 150 valence electrons. The highest BCUT2D eigenvalue weighted by atomic mass is 16.5. The summed E-state index contributed by atoms with van der Waals surface area (Å²) in [6, 6.07) is 25.8. The molecule has 0 aliphatic carbocycles. The Labute approximate surface area is 175 Å². The molecule has 1 heterocycles. The lowest BCUT2D eigenvalue weighted by Gasteiger charge is -2.15. The second kappa shape index (κ2) is 8.66. The predicted molar refractivity (Wildman–Crippen MR) is 118 cm³/mol. The zero-order valence-corrected chi connectivity index (χ0v) is 17.1. The molecular formula is C25H22N2O3. The molecule has 0 fully saturated rings. The maximum atomic E-state index is 5.52. The van der Waals surface area contributed by atoms with Gasteiger partial charge in [0.05, 0.1) is 32.7 Å². The molecule has 0 aliphatic heterocycles. The fraction of sp³-hybridized carbons (Fsp3) is 0.120. The number of hydrogen-bond acceptors (Lipinski definition) is 5. The van der Waals surface area contributed by atoms with Crippen molar-refractivity contribution in [1.82, 2.24) is 9.97 Å². The maximum Gasteiger partial charge on any atom is 0.203 e. The smallest absolute Gasteiger partial charge is 0.203 e. The van der Waals surface area contributed by atoms with Crippen LogP contribution in [0.3, 0.4) is 0 Å². The van der Waals surface area contributed by atoms with Crippen LogP contribution in [-0.4, -0.2) is 31.3 Å². The molecule has 0 spiro atoms. The average Bonchev–Trinajstić information content (AvgIpc) is 2.83. The average molecular weight is 398 g/mol. The van der Waals surface area contributed by atoms with Crippen LogP contribution in [0.25, 0.3) is 33.9 Å². The van der Waals surface area contributed by atoms with Crippen LogP contribution in [0.4, 0.5) is 0 Å². The van der Waals surface area contributed by atoms with Gasteiger partial charge in [-0.2, -0.15) is 0 Å². The molecule has 0 bridgehead atoms. The molecule has 0 N–H and O–H groups in total. The van der Waals surface area contributed by atoms with Crippen LogP contribution in [-0.2, 0) is 0 Å². The van der Waals surface area contributed by atoms with E-state index in [-0.39, 0.29) is 0 Å². The second-order valence-corrected chi connectivity index (χ2v) is 6.61. The summed E-state index contributed by atoms with van der Waals surface area (Å²) in [7, 11) is 4.80. The van der Waals surface area contributed by atoms with Gasteiger partial charge in [0.15, 0.2) is 17.3 Å². The minimum atomic E-state index is 0.546. The van der Waals surface area contributed by atoms with Gasteiger partial charge in [-0.25, -0.2) is 9.97 Å². The SMILES string of the molecule is COc1cc(-c2cc(-c3ccccc3)nc(-c3ccccc3)n2)cc(OC)c1OC. The summed E-state index contributed by atoms with van der Waals surface area (Å²) in [6.45, 7) is 0. The van der Waals surface area contributed by atoms with Crippen LogP contribution in [0.15, 0.2) is 78.9 Å². The molecule has 5 heteroatoms. The summed E-state index contributed by atoms with van der Waals surface area (Å²) >= 11 is 0. The molecular weight excluding hydrogens is 376 g/mol. The summed E-state index contributed by atoms with van der Waals surface area (Å²) in [5, 5.41) is 0. The van der Waals surface area contributed by atoms with E-state index in [1.54, 1.807) is 21.3 Å². The van der Waals surface area contributed by atoms with E-state index in [1.165, 1.54) is 0 Å². The number of benzene rings is 3. The summed E-state index contributed by atoms with van der Waals surface area (Å²) in [4.78, 5) is 9.66. The molecule has 0 saturated carbocycles. The fourth-order valence-electron chi connectivity index (χ4n) is 3.30. The molecule has 0 saturated heterocycles. The van der Waals surface area contributed by atoms with Crippen molar-refractivity contribution in [3.05, 3.63) is 78.9 Å². The van der Waals surface area contributed by atoms with Crippen LogP contribution < -0.4 is 14.2 Å². The normalized spacial score (nSPS) is 10.5. The number of methoxy groups -OCH3 is 3. The van der Waals surface area contributed by atoms with Crippen molar-refractivity contribution in [3.63, 3.8) is 0 Å². The topological polar surface area (TPSA) is 53.5 Å². The lowest BCUT2D eigenvalue weighted by molar-refractivity contribution is 0.324. The van der Waals surface area contributed by atoms with Gasteiger partial charge in [-0.15, -0.1) is 0 Å².